The van der Waals surface area contributed by atoms with Crippen LogP contribution in [0.5, 0.6) is 11.5 Å². The van der Waals surface area contributed by atoms with Crippen molar-refractivity contribution in [2.45, 2.75) is 26.5 Å². The smallest absolute Gasteiger partial charge is 0.244 e. The number of aryl methyl sites for hydroxylation is 1. The minimum atomic E-state index is -0.109. The first-order valence-corrected chi connectivity index (χ1v) is 10.3. The Morgan fingerprint density at radius 3 is 2.48 bits per heavy atom. The van der Waals surface area contributed by atoms with Gasteiger partial charge in [-0.05, 0) is 42.3 Å². The molecule has 0 bridgehead atoms. The van der Waals surface area contributed by atoms with Gasteiger partial charge in [0.25, 0.3) is 0 Å². The number of aromatic nitrogens is 2. The van der Waals surface area contributed by atoms with Crippen LogP contribution in [-0.4, -0.2) is 22.6 Å². The number of carbonyl (C=O) groups excluding carboxylic acids is 1. The van der Waals surface area contributed by atoms with Crippen LogP contribution < -0.4 is 14.8 Å². The lowest BCUT2D eigenvalue weighted by molar-refractivity contribution is -0.116. The van der Waals surface area contributed by atoms with Gasteiger partial charge < -0.3 is 19.4 Å². The summed E-state index contributed by atoms with van der Waals surface area (Å²) in [6, 6.07) is 23.1. The van der Waals surface area contributed by atoms with E-state index in [-0.39, 0.29) is 19.1 Å². The molecule has 0 aliphatic rings. The Morgan fingerprint density at radius 2 is 1.68 bits per heavy atom. The quantitative estimate of drug-likeness (QED) is 0.448. The largest absolute Gasteiger partial charge is 0.493 e. The van der Waals surface area contributed by atoms with E-state index in [0.29, 0.717) is 17.3 Å². The standard InChI is InChI=1S/C25H25N3O3/c1-3-18-10-4-5-11-19(18)27-25(29)16-28-21-13-7-6-12-20(21)26-24(28)17-31-23-15-9-8-14-22(23)30-2/h4-15H,3,16-17H2,1-2H3,(H,27,29). The SMILES string of the molecule is CCc1ccccc1NC(=O)Cn1c(COc2ccccc2OC)nc2ccccc21. The van der Waals surface area contributed by atoms with Gasteiger partial charge in [0.15, 0.2) is 11.5 Å². The maximum atomic E-state index is 12.9. The van der Waals surface area contributed by atoms with Gasteiger partial charge in [-0.1, -0.05) is 49.4 Å². The molecule has 6 heteroatoms. The Bertz CT molecular complexity index is 1200. The first kappa shape index (κ1) is 20.5. The number of imidazole rings is 1. The molecule has 0 saturated carbocycles. The number of anilines is 1. The molecule has 0 aliphatic heterocycles. The van der Waals surface area contributed by atoms with Gasteiger partial charge in [-0.3, -0.25) is 4.79 Å². The van der Waals surface area contributed by atoms with E-state index < -0.39 is 0 Å². The van der Waals surface area contributed by atoms with Gasteiger partial charge in [0.2, 0.25) is 5.91 Å². The molecule has 0 unspecified atom stereocenters. The first-order chi connectivity index (χ1) is 15.2. The van der Waals surface area contributed by atoms with Crippen molar-refractivity contribution in [1.82, 2.24) is 9.55 Å². The average Bonchev–Trinajstić information content (AvgIpc) is 3.15. The Morgan fingerprint density at radius 1 is 0.968 bits per heavy atom. The number of carbonyl (C=O) groups is 1. The molecule has 4 rings (SSSR count). The van der Waals surface area contributed by atoms with Crippen LogP contribution >= 0.6 is 0 Å². The highest BCUT2D eigenvalue weighted by molar-refractivity contribution is 5.92. The molecule has 0 spiro atoms. The third kappa shape index (κ3) is 4.53. The summed E-state index contributed by atoms with van der Waals surface area (Å²) in [7, 11) is 1.61. The maximum Gasteiger partial charge on any atom is 0.244 e. The van der Waals surface area contributed by atoms with Gasteiger partial charge in [0, 0.05) is 5.69 Å². The number of hydrogen-bond acceptors (Lipinski definition) is 4. The Hall–Kier alpha value is -3.80. The number of methoxy groups -OCH3 is 1. The predicted octanol–water partition coefficient (Wildman–Crippen LogP) is 4.83. The van der Waals surface area contributed by atoms with Crippen molar-refractivity contribution in [1.29, 1.82) is 0 Å². The molecule has 6 nitrogen and oxygen atoms in total. The summed E-state index contributed by atoms with van der Waals surface area (Å²) < 4.78 is 13.2. The van der Waals surface area contributed by atoms with Crippen LogP contribution in [0.1, 0.15) is 18.3 Å². The van der Waals surface area contributed by atoms with E-state index in [1.54, 1.807) is 7.11 Å². The first-order valence-electron chi connectivity index (χ1n) is 10.3. The zero-order valence-corrected chi connectivity index (χ0v) is 17.7. The summed E-state index contributed by atoms with van der Waals surface area (Å²) in [5, 5.41) is 3.04. The topological polar surface area (TPSA) is 65.4 Å². The van der Waals surface area contributed by atoms with Crippen molar-refractivity contribution in [3.8, 4) is 11.5 Å². The third-order valence-electron chi connectivity index (χ3n) is 5.13. The Balaban J connectivity index is 1.58. The summed E-state index contributed by atoms with van der Waals surface area (Å²) in [6.07, 6.45) is 0.850. The Labute approximate surface area is 181 Å². The molecule has 1 aromatic heterocycles. The number of amides is 1. The number of ether oxygens (including phenoxy) is 2. The van der Waals surface area contributed by atoms with Crippen molar-refractivity contribution in [2.75, 3.05) is 12.4 Å². The molecule has 0 fully saturated rings. The van der Waals surface area contributed by atoms with Crippen LogP contribution in [0.4, 0.5) is 5.69 Å². The molecule has 3 aromatic carbocycles. The van der Waals surface area contributed by atoms with Gasteiger partial charge >= 0.3 is 0 Å². The molecule has 0 aliphatic carbocycles. The lowest BCUT2D eigenvalue weighted by Crippen LogP contribution is -2.21. The summed E-state index contributed by atoms with van der Waals surface area (Å²) in [6.45, 7) is 2.43. The fourth-order valence-corrected chi connectivity index (χ4v) is 3.58. The fraction of sp³-hybridized carbons (Fsp3) is 0.200. The fourth-order valence-electron chi connectivity index (χ4n) is 3.58. The van der Waals surface area contributed by atoms with Gasteiger partial charge in [-0.15, -0.1) is 0 Å². The normalized spacial score (nSPS) is 10.8. The number of fused-ring (bicyclic) bond motifs is 1. The van der Waals surface area contributed by atoms with E-state index in [1.807, 2.05) is 77.4 Å². The number of rotatable bonds is 8. The van der Waals surface area contributed by atoms with E-state index in [4.69, 9.17) is 14.5 Å². The van der Waals surface area contributed by atoms with Gasteiger partial charge in [0.05, 0.1) is 18.1 Å². The second-order valence-corrected chi connectivity index (χ2v) is 7.10. The van der Waals surface area contributed by atoms with Crippen LogP contribution in [0, 0.1) is 0 Å². The second-order valence-electron chi connectivity index (χ2n) is 7.10. The van der Waals surface area contributed by atoms with E-state index in [2.05, 4.69) is 12.2 Å². The van der Waals surface area contributed by atoms with Crippen molar-refractivity contribution in [3.63, 3.8) is 0 Å². The summed E-state index contributed by atoms with van der Waals surface area (Å²) in [5.74, 6) is 1.85. The van der Waals surface area contributed by atoms with Crippen LogP contribution in [0.15, 0.2) is 72.8 Å². The molecule has 158 valence electrons. The molecule has 1 amide bonds. The van der Waals surface area contributed by atoms with E-state index in [0.717, 1.165) is 28.7 Å². The number of benzene rings is 3. The summed E-state index contributed by atoms with van der Waals surface area (Å²) >= 11 is 0. The molecule has 1 heterocycles. The monoisotopic (exact) mass is 415 g/mol. The minimum absolute atomic E-state index is 0.109. The zero-order chi connectivity index (χ0) is 21.6. The maximum absolute atomic E-state index is 12.9. The number of nitrogens with zero attached hydrogens (tertiary/aromatic N) is 2. The molecule has 4 aromatic rings. The van der Waals surface area contributed by atoms with Gasteiger partial charge in [-0.25, -0.2) is 4.98 Å². The van der Waals surface area contributed by atoms with Gasteiger partial charge in [-0.2, -0.15) is 0 Å². The summed E-state index contributed by atoms with van der Waals surface area (Å²) in [5.41, 5.74) is 3.65. The van der Waals surface area contributed by atoms with E-state index in [1.165, 1.54) is 0 Å². The van der Waals surface area contributed by atoms with E-state index in [9.17, 15) is 4.79 Å². The van der Waals surface area contributed by atoms with E-state index >= 15 is 0 Å². The van der Waals surface area contributed by atoms with Crippen molar-refractivity contribution in [3.05, 3.63) is 84.2 Å². The molecule has 31 heavy (non-hydrogen) atoms. The van der Waals surface area contributed by atoms with Crippen molar-refractivity contribution in [2.24, 2.45) is 0 Å². The highest BCUT2D eigenvalue weighted by atomic mass is 16.5. The third-order valence-corrected chi connectivity index (χ3v) is 5.13. The molecule has 0 saturated heterocycles. The second kappa shape index (κ2) is 9.34. The van der Waals surface area contributed by atoms with Crippen LogP contribution in [0.3, 0.4) is 0 Å². The molecule has 0 atom stereocenters. The van der Waals surface area contributed by atoms with Crippen LogP contribution in [0.2, 0.25) is 0 Å². The predicted molar refractivity (Wildman–Crippen MR) is 122 cm³/mol. The Kier molecular flexibility index (Phi) is 6.17. The minimum Gasteiger partial charge on any atom is -0.493 e. The average molecular weight is 415 g/mol. The molecular weight excluding hydrogens is 390 g/mol. The number of nitrogens with one attached hydrogen (secondary N) is 1. The van der Waals surface area contributed by atoms with Crippen molar-refractivity contribution < 1.29 is 14.3 Å². The lowest BCUT2D eigenvalue weighted by Gasteiger charge is -2.13. The van der Waals surface area contributed by atoms with Crippen molar-refractivity contribution >= 4 is 22.6 Å². The molecule has 0 radical (unpaired) electrons. The van der Waals surface area contributed by atoms with Gasteiger partial charge in [0.1, 0.15) is 19.0 Å². The number of para-hydroxylation sites is 5. The lowest BCUT2D eigenvalue weighted by atomic mass is 10.1. The van der Waals surface area contributed by atoms with Crippen LogP contribution in [0.25, 0.3) is 11.0 Å². The highest BCUT2D eigenvalue weighted by Gasteiger charge is 2.16. The molecule has 1 N–H and O–H groups in total. The van der Waals surface area contributed by atoms with Crippen LogP contribution in [-0.2, 0) is 24.4 Å². The summed E-state index contributed by atoms with van der Waals surface area (Å²) in [4.78, 5) is 17.6. The number of hydrogen-bond donors (Lipinski definition) is 1. The highest BCUT2D eigenvalue weighted by Crippen LogP contribution is 2.27. The zero-order valence-electron chi connectivity index (χ0n) is 17.7. The molecular formula is C25H25N3O3.